The maximum Gasteiger partial charge on any atom is 0.222 e. The van der Waals surface area contributed by atoms with Crippen LogP contribution in [0.4, 0.5) is 10.1 Å². The lowest BCUT2D eigenvalue weighted by molar-refractivity contribution is -0.128. The van der Waals surface area contributed by atoms with Crippen molar-refractivity contribution in [2.75, 3.05) is 11.9 Å². The van der Waals surface area contributed by atoms with Crippen molar-refractivity contribution in [3.63, 3.8) is 0 Å². The fourth-order valence-electron chi connectivity index (χ4n) is 2.74. The summed E-state index contributed by atoms with van der Waals surface area (Å²) < 4.78 is 12.9. The number of anilines is 1. The molecule has 0 bridgehead atoms. The first-order valence-electron chi connectivity index (χ1n) is 8.26. The van der Waals surface area contributed by atoms with Crippen LogP contribution in [0.3, 0.4) is 0 Å². The molecule has 2 aromatic rings. The van der Waals surface area contributed by atoms with Crippen molar-refractivity contribution in [3.05, 3.63) is 65.5 Å². The van der Waals surface area contributed by atoms with Crippen LogP contribution in [-0.2, 0) is 17.9 Å². The third-order valence-electron chi connectivity index (χ3n) is 4.12. The molecule has 1 aliphatic heterocycles. The molecule has 3 rings (SSSR count). The summed E-state index contributed by atoms with van der Waals surface area (Å²) in [6.07, 6.45) is 1.62. The largest absolute Gasteiger partial charge is 0.358 e. The first-order valence-corrected chi connectivity index (χ1v) is 8.67. The zero-order valence-corrected chi connectivity index (χ0v) is 14.6. The summed E-state index contributed by atoms with van der Waals surface area (Å²) in [4.78, 5) is 13.6. The van der Waals surface area contributed by atoms with Gasteiger partial charge in [-0.05, 0) is 54.0 Å². The molecule has 0 spiro atoms. The molecule has 1 fully saturated rings. The zero-order chi connectivity index (χ0) is 17.6. The summed E-state index contributed by atoms with van der Waals surface area (Å²) >= 11 is 5.24. The molecule has 0 unspecified atom stereocenters. The van der Waals surface area contributed by atoms with E-state index >= 15 is 0 Å². The maximum atomic E-state index is 12.9. The van der Waals surface area contributed by atoms with Crippen molar-refractivity contribution in [1.82, 2.24) is 10.2 Å². The quantitative estimate of drug-likeness (QED) is 0.805. The minimum atomic E-state index is -0.278. The predicted octanol–water partition coefficient (Wildman–Crippen LogP) is 3.43. The number of rotatable bonds is 5. The molecular weight excluding hydrogens is 337 g/mol. The highest BCUT2D eigenvalue weighted by Crippen LogP contribution is 2.15. The Kier molecular flexibility index (Phi) is 5.60. The van der Waals surface area contributed by atoms with Gasteiger partial charge in [-0.15, -0.1) is 0 Å². The first kappa shape index (κ1) is 17.4. The molecule has 25 heavy (non-hydrogen) atoms. The monoisotopic (exact) mass is 357 g/mol. The normalized spacial score (nSPS) is 13.8. The van der Waals surface area contributed by atoms with Crippen LogP contribution >= 0.6 is 12.2 Å². The number of hydrogen-bond donors (Lipinski definition) is 2. The van der Waals surface area contributed by atoms with E-state index in [4.69, 9.17) is 12.2 Å². The summed E-state index contributed by atoms with van der Waals surface area (Å²) in [5, 5.41) is 6.62. The van der Waals surface area contributed by atoms with E-state index in [1.54, 1.807) is 12.1 Å². The number of carbonyl (C=O) groups is 1. The molecule has 0 aliphatic carbocycles. The number of hydrogen-bond acceptors (Lipinski definition) is 2. The van der Waals surface area contributed by atoms with Gasteiger partial charge >= 0.3 is 0 Å². The SMILES string of the molecule is O=C1CCCN1Cc1ccc(CNC(=S)Nc2ccc(F)cc2)cc1. The fraction of sp³-hybridized carbons (Fsp3) is 0.263. The highest BCUT2D eigenvalue weighted by atomic mass is 32.1. The zero-order valence-electron chi connectivity index (χ0n) is 13.8. The number of benzene rings is 2. The van der Waals surface area contributed by atoms with Crippen LogP contribution in [0.5, 0.6) is 0 Å². The van der Waals surface area contributed by atoms with Gasteiger partial charge < -0.3 is 15.5 Å². The number of thiocarbonyl (C=S) groups is 1. The Morgan fingerprint density at radius 1 is 1.08 bits per heavy atom. The molecule has 6 heteroatoms. The molecule has 130 valence electrons. The van der Waals surface area contributed by atoms with Gasteiger partial charge in [0.05, 0.1) is 0 Å². The Labute approximate surface area is 152 Å². The Morgan fingerprint density at radius 2 is 1.76 bits per heavy atom. The number of nitrogens with zero attached hydrogens (tertiary/aromatic N) is 1. The fourth-order valence-corrected chi connectivity index (χ4v) is 2.93. The lowest BCUT2D eigenvalue weighted by Gasteiger charge is -2.16. The van der Waals surface area contributed by atoms with Gasteiger partial charge in [0.25, 0.3) is 0 Å². The van der Waals surface area contributed by atoms with Crippen molar-refractivity contribution in [3.8, 4) is 0 Å². The number of nitrogens with one attached hydrogen (secondary N) is 2. The third kappa shape index (κ3) is 5.00. The second-order valence-electron chi connectivity index (χ2n) is 6.05. The summed E-state index contributed by atoms with van der Waals surface area (Å²) in [6, 6.07) is 14.2. The van der Waals surface area contributed by atoms with E-state index in [0.717, 1.165) is 29.8 Å². The van der Waals surface area contributed by atoms with Crippen LogP contribution < -0.4 is 10.6 Å². The standard InChI is InChI=1S/C19H20FN3OS/c20-16-7-9-17(10-8-16)22-19(25)21-12-14-3-5-15(6-4-14)13-23-11-1-2-18(23)24/h3-10H,1-2,11-13H2,(H2,21,22,25). The number of likely N-dealkylation sites (tertiary alicyclic amines) is 1. The van der Waals surface area contributed by atoms with E-state index in [2.05, 4.69) is 10.6 Å². The molecule has 1 heterocycles. The van der Waals surface area contributed by atoms with Gasteiger partial charge in [0, 0.05) is 31.7 Å². The lowest BCUT2D eigenvalue weighted by Crippen LogP contribution is -2.27. The van der Waals surface area contributed by atoms with Gasteiger partial charge in [-0.1, -0.05) is 24.3 Å². The summed E-state index contributed by atoms with van der Waals surface area (Å²) in [7, 11) is 0. The van der Waals surface area contributed by atoms with Crippen LogP contribution in [0.15, 0.2) is 48.5 Å². The number of amides is 1. The predicted molar refractivity (Wildman–Crippen MR) is 101 cm³/mol. The van der Waals surface area contributed by atoms with E-state index < -0.39 is 0 Å². The molecular formula is C19H20FN3OS. The molecule has 0 radical (unpaired) electrons. The Hall–Kier alpha value is -2.47. The van der Waals surface area contributed by atoms with Gasteiger partial charge in [0.1, 0.15) is 5.82 Å². The highest BCUT2D eigenvalue weighted by molar-refractivity contribution is 7.80. The van der Waals surface area contributed by atoms with Gasteiger partial charge in [-0.3, -0.25) is 4.79 Å². The van der Waals surface area contributed by atoms with Crippen LogP contribution in [0.2, 0.25) is 0 Å². The minimum Gasteiger partial charge on any atom is -0.358 e. The van der Waals surface area contributed by atoms with Gasteiger partial charge in [-0.25, -0.2) is 4.39 Å². The smallest absolute Gasteiger partial charge is 0.222 e. The van der Waals surface area contributed by atoms with E-state index in [9.17, 15) is 9.18 Å². The van der Waals surface area contributed by atoms with E-state index in [0.29, 0.717) is 24.6 Å². The van der Waals surface area contributed by atoms with Crippen molar-refractivity contribution < 1.29 is 9.18 Å². The van der Waals surface area contributed by atoms with Crippen molar-refractivity contribution in [1.29, 1.82) is 0 Å². The van der Waals surface area contributed by atoms with Gasteiger partial charge in [0.2, 0.25) is 5.91 Å². The Morgan fingerprint density at radius 3 is 2.40 bits per heavy atom. The third-order valence-corrected chi connectivity index (χ3v) is 4.37. The Bertz CT molecular complexity index is 746. The lowest BCUT2D eigenvalue weighted by atomic mass is 10.1. The van der Waals surface area contributed by atoms with Crippen LogP contribution in [0.1, 0.15) is 24.0 Å². The molecule has 2 N–H and O–H groups in total. The van der Waals surface area contributed by atoms with E-state index in [1.807, 2.05) is 29.2 Å². The van der Waals surface area contributed by atoms with Gasteiger partial charge in [-0.2, -0.15) is 0 Å². The second-order valence-corrected chi connectivity index (χ2v) is 6.46. The summed E-state index contributed by atoms with van der Waals surface area (Å²) in [5.41, 5.74) is 2.97. The topological polar surface area (TPSA) is 44.4 Å². The molecule has 0 atom stereocenters. The Balaban J connectivity index is 1.47. The van der Waals surface area contributed by atoms with Gasteiger partial charge in [0.15, 0.2) is 5.11 Å². The molecule has 2 aromatic carbocycles. The van der Waals surface area contributed by atoms with Crippen molar-refractivity contribution >= 4 is 28.9 Å². The molecule has 1 saturated heterocycles. The number of halogens is 1. The molecule has 0 saturated carbocycles. The second kappa shape index (κ2) is 8.07. The van der Waals surface area contributed by atoms with E-state index in [1.165, 1.54) is 12.1 Å². The molecule has 4 nitrogen and oxygen atoms in total. The summed E-state index contributed by atoms with van der Waals surface area (Å²) in [5.74, 6) is -0.0388. The molecule has 1 aliphatic rings. The average molecular weight is 357 g/mol. The first-order chi connectivity index (χ1) is 12.1. The average Bonchev–Trinajstić information content (AvgIpc) is 3.01. The molecule has 0 aromatic heterocycles. The highest BCUT2D eigenvalue weighted by Gasteiger charge is 2.19. The van der Waals surface area contributed by atoms with Crippen LogP contribution in [0.25, 0.3) is 0 Å². The van der Waals surface area contributed by atoms with Crippen molar-refractivity contribution in [2.24, 2.45) is 0 Å². The van der Waals surface area contributed by atoms with Crippen molar-refractivity contribution in [2.45, 2.75) is 25.9 Å². The summed E-state index contributed by atoms with van der Waals surface area (Å²) in [6.45, 7) is 2.12. The minimum absolute atomic E-state index is 0.239. The molecule has 1 amide bonds. The van der Waals surface area contributed by atoms with Crippen LogP contribution in [0, 0.1) is 5.82 Å². The van der Waals surface area contributed by atoms with Crippen LogP contribution in [-0.4, -0.2) is 22.5 Å². The maximum absolute atomic E-state index is 12.9. The van der Waals surface area contributed by atoms with E-state index in [-0.39, 0.29) is 11.7 Å². The number of carbonyl (C=O) groups excluding carboxylic acids is 1.